The van der Waals surface area contributed by atoms with Gasteiger partial charge in [0.2, 0.25) is 0 Å². The molecule has 0 saturated carbocycles. The molecule has 0 radical (unpaired) electrons. The number of aliphatic carboxylic acids is 1. The zero-order chi connectivity index (χ0) is 16.4. The number of aryl methyl sites for hydroxylation is 1. The Bertz CT molecular complexity index is 563. The van der Waals surface area contributed by atoms with Crippen molar-refractivity contribution >= 4 is 11.9 Å². The summed E-state index contributed by atoms with van der Waals surface area (Å²) < 4.78 is 1.92. The predicted molar refractivity (Wildman–Crippen MR) is 82.8 cm³/mol. The summed E-state index contributed by atoms with van der Waals surface area (Å²) >= 11 is 0. The van der Waals surface area contributed by atoms with Crippen molar-refractivity contribution in [2.24, 2.45) is 5.92 Å². The lowest BCUT2D eigenvalue weighted by molar-refractivity contribution is -0.142. The first-order chi connectivity index (χ1) is 10.4. The van der Waals surface area contributed by atoms with Crippen LogP contribution in [-0.4, -0.2) is 44.3 Å². The number of likely N-dealkylation sites (tertiary alicyclic amines) is 1. The van der Waals surface area contributed by atoms with Crippen LogP contribution in [0.3, 0.4) is 0 Å². The summed E-state index contributed by atoms with van der Waals surface area (Å²) in [5.41, 5.74) is 1.39. The van der Waals surface area contributed by atoms with E-state index in [-0.39, 0.29) is 11.9 Å². The topological polar surface area (TPSA) is 75.4 Å². The van der Waals surface area contributed by atoms with Gasteiger partial charge in [-0.25, -0.2) is 0 Å². The number of nitrogens with zero attached hydrogens (tertiary/aromatic N) is 3. The Morgan fingerprint density at radius 3 is 2.55 bits per heavy atom. The highest BCUT2D eigenvalue weighted by atomic mass is 16.4. The Morgan fingerprint density at radius 2 is 2.05 bits per heavy atom. The van der Waals surface area contributed by atoms with Gasteiger partial charge in [-0.1, -0.05) is 13.8 Å². The monoisotopic (exact) mass is 307 g/mol. The molecule has 22 heavy (non-hydrogen) atoms. The molecule has 2 atom stereocenters. The Hall–Kier alpha value is -1.85. The molecule has 0 spiro atoms. The highest BCUT2D eigenvalue weighted by Gasteiger charge is 2.39. The van der Waals surface area contributed by atoms with E-state index in [1.165, 1.54) is 0 Å². The van der Waals surface area contributed by atoms with Crippen molar-refractivity contribution in [3.63, 3.8) is 0 Å². The molecule has 6 heteroatoms. The van der Waals surface area contributed by atoms with E-state index in [2.05, 4.69) is 18.9 Å². The first-order valence-electron chi connectivity index (χ1n) is 8.00. The molecule has 0 aliphatic carbocycles. The Labute approximate surface area is 131 Å². The lowest BCUT2D eigenvalue weighted by Crippen LogP contribution is -2.37. The van der Waals surface area contributed by atoms with Crippen molar-refractivity contribution in [1.29, 1.82) is 0 Å². The quantitative estimate of drug-likeness (QED) is 0.907. The van der Waals surface area contributed by atoms with Crippen LogP contribution in [0.2, 0.25) is 0 Å². The first-order valence-corrected chi connectivity index (χ1v) is 8.00. The van der Waals surface area contributed by atoms with Gasteiger partial charge in [0.25, 0.3) is 5.91 Å². The second-order valence-electron chi connectivity index (χ2n) is 6.06. The molecule has 1 aromatic heterocycles. The third kappa shape index (κ3) is 2.87. The number of carbonyl (C=O) groups excluding carboxylic acids is 1. The van der Waals surface area contributed by atoms with Crippen molar-refractivity contribution in [2.45, 2.75) is 59.0 Å². The minimum Gasteiger partial charge on any atom is -0.481 e. The largest absolute Gasteiger partial charge is 0.481 e. The summed E-state index contributed by atoms with van der Waals surface area (Å²) in [4.78, 5) is 25.5. The molecule has 1 aliphatic heterocycles. The summed E-state index contributed by atoms with van der Waals surface area (Å²) in [5, 5.41) is 13.7. The number of rotatable bonds is 5. The molecule has 1 aliphatic rings. The Balaban J connectivity index is 2.21. The number of carboxylic acids is 1. The molecule has 6 nitrogen and oxygen atoms in total. The summed E-state index contributed by atoms with van der Waals surface area (Å²) in [5.74, 6) is -1.48. The van der Waals surface area contributed by atoms with E-state index in [1.807, 2.05) is 17.7 Å². The maximum Gasteiger partial charge on any atom is 0.308 e. The van der Waals surface area contributed by atoms with E-state index in [1.54, 1.807) is 11.8 Å². The smallest absolute Gasteiger partial charge is 0.308 e. The van der Waals surface area contributed by atoms with E-state index in [4.69, 9.17) is 0 Å². The molecule has 1 aromatic rings. The van der Waals surface area contributed by atoms with Crippen LogP contribution in [0.15, 0.2) is 6.07 Å². The van der Waals surface area contributed by atoms with Crippen LogP contribution < -0.4 is 0 Å². The van der Waals surface area contributed by atoms with Crippen molar-refractivity contribution in [3.05, 3.63) is 17.5 Å². The summed E-state index contributed by atoms with van der Waals surface area (Å²) in [7, 11) is 0. The van der Waals surface area contributed by atoms with Gasteiger partial charge < -0.3 is 10.0 Å². The van der Waals surface area contributed by atoms with Crippen LogP contribution in [0.25, 0.3) is 0 Å². The van der Waals surface area contributed by atoms with Crippen molar-refractivity contribution in [2.75, 3.05) is 6.54 Å². The zero-order valence-corrected chi connectivity index (χ0v) is 13.7. The first kappa shape index (κ1) is 16.5. The number of hydrogen-bond donors (Lipinski definition) is 1. The van der Waals surface area contributed by atoms with Gasteiger partial charge in [0.05, 0.1) is 12.0 Å². The fourth-order valence-electron chi connectivity index (χ4n) is 3.30. The molecule has 0 aromatic carbocycles. The molecule has 122 valence electrons. The van der Waals surface area contributed by atoms with Crippen LogP contribution in [0.1, 0.15) is 62.3 Å². The van der Waals surface area contributed by atoms with Crippen molar-refractivity contribution in [3.8, 4) is 0 Å². The lowest BCUT2D eigenvalue weighted by Gasteiger charge is -2.22. The van der Waals surface area contributed by atoms with E-state index < -0.39 is 11.9 Å². The average Bonchev–Trinajstić information content (AvgIpc) is 3.04. The van der Waals surface area contributed by atoms with Crippen LogP contribution in [0, 0.1) is 12.8 Å². The minimum atomic E-state index is -0.832. The fraction of sp³-hybridized carbons (Fsp3) is 0.688. The van der Waals surface area contributed by atoms with Gasteiger partial charge in [0.1, 0.15) is 0 Å². The Morgan fingerprint density at radius 1 is 1.41 bits per heavy atom. The van der Waals surface area contributed by atoms with Crippen molar-refractivity contribution in [1.82, 2.24) is 14.7 Å². The maximum absolute atomic E-state index is 12.6. The van der Waals surface area contributed by atoms with E-state index in [9.17, 15) is 14.7 Å². The zero-order valence-electron chi connectivity index (χ0n) is 13.7. The summed E-state index contributed by atoms with van der Waals surface area (Å²) in [6, 6.07) is 1.81. The maximum atomic E-state index is 12.6. The number of carbonyl (C=O) groups is 2. The SMILES string of the molecule is CCC(CC)n1nc(C(=O)N2CCC(C(=O)O)C2C)cc1C. The summed E-state index contributed by atoms with van der Waals surface area (Å²) in [6.07, 6.45) is 2.44. The number of aromatic nitrogens is 2. The normalized spacial score (nSPS) is 21.6. The van der Waals surface area contributed by atoms with Gasteiger partial charge in [0, 0.05) is 18.3 Å². The van der Waals surface area contributed by atoms with E-state index >= 15 is 0 Å². The standard InChI is InChI=1S/C16H25N3O3/c1-5-12(6-2)19-10(3)9-14(17-19)15(20)18-8-7-13(11(18)4)16(21)22/h9,11-13H,5-8H2,1-4H3,(H,21,22). The van der Waals surface area contributed by atoms with Gasteiger partial charge >= 0.3 is 5.97 Å². The van der Waals surface area contributed by atoms with Gasteiger partial charge in [-0.05, 0) is 39.2 Å². The molecule has 1 N–H and O–H groups in total. The molecule has 1 fully saturated rings. The van der Waals surface area contributed by atoms with E-state index in [0.717, 1.165) is 18.5 Å². The molecule has 2 heterocycles. The number of amides is 1. The lowest BCUT2D eigenvalue weighted by atomic mass is 10.0. The van der Waals surface area contributed by atoms with E-state index in [0.29, 0.717) is 24.7 Å². The molecular formula is C16H25N3O3. The highest BCUT2D eigenvalue weighted by Crippen LogP contribution is 2.26. The van der Waals surface area contributed by atoms with Gasteiger partial charge in [-0.2, -0.15) is 5.10 Å². The minimum absolute atomic E-state index is 0.163. The third-order valence-corrected chi connectivity index (χ3v) is 4.76. The molecule has 1 amide bonds. The van der Waals surface area contributed by atoms with Crippen LogP contribution >= 0.6 is 0 Å². The average molecular weight is 307 g/mol. The van der Waals surface area contributed by atoms with Gasteiger partial charge in [-0.3, -0.25) is 14.3 Å². The van der Waals surface area contributed by atoms with Crippen LogP contribution in [0.5, 0.6) is 0 Å². The highest BCUT2D eigenvalue weighted by molar-refractivity contribution is 5.93. The molecule has 1 saturated heterocycles. The second kappa shape index (κ2) is 6.50. The fourth-order valence-corrected chi connectivity index (χ4v) is 3.30. The number of hydrogen-bond acceptors (Lipinski definition) is 3. The Kier molecular flexibility index (Phi) is 4.88. The molecule has 2 rings (SSSR count). The van der Waals surface area contributed by atoms with Crippen LogP contribution in [-0.2, 0) is 4.79 Å². The molecule has 2 unspecified atom stereocenters. The van der Waals surface area contributed by atoms with Gasteiger partial charge in [0.15, 0.2) is 5.69 Å². The van der Waals surface area contributed by atoms with Crippen LogP contribution in [0.4, 0.5) is 0 Å². The van der Waals surface area contributed by atoms with Crippen molar-refractivity contribution < 1.29 is 14.7 Å². The second-order valence-corrected chi connectivity index (χ2v) is 6.06. The number of carboxylic acid groups (broad SMARTS) is 1. The molecule has 0 bridgehead atoms. The third-order valence-electron chi connectivity index (χ3n) is 4.76. The predicted octanol–water partition coefficient (Wildman–Crippen LogP) is 2.49. The summed E-state index contributed by atoms with van der Waals surface area (Å²) in [6.45, 7) is 8.45. The molecular weight excluding hydrogens is 282 g/mol. The van der Waals surface area contributed by atoms with Gasteiger partial charge in [-0.15, -0.1) is 0 Å².